The molecule has 12 heteroatoms. The molecule has 3 aromatic carbocycles. The normalized spacial score (nSPS) is 11.2. The number of carbonyl (C=O) groups is 1. The molecule has 4 aromatic rings. The zero-order chi connectivity index (χ0) is 25.2. The van der Waals surface area contributed by atoms with Crippen LogP contribution in [-0.4, -0.2) is 48.7 Å². The lowest BCUT2D eigenvalue weighted by atomic mass is 10.2. The van der Waals surface area contributed by atoms with Crippen molar-refractivity contribution in [1.82, 2.24) is 20.2 Å². The summed E-state index contributed by atoms with van der Waals surface area (Å²) in [6.45, 7) is 1.68. The number of carbonyl (C=O) groups excluding carboxylic acids is 1. The van der Waals surface area contributed by atoms with E-state index in [1.165, 1.54) is 61.3 Å². The molecule has 0 fully saturated rings. The van der Waals surface area contributed by atoms with Crippen molar-refractivity contribution in [3.63, 3.8) is 0 Å². The van der Waals surface area contributed by atoms with Gasteiger partial charge in [-0.3, -0.25) is 9.10 Å². The van der Waals surface area contributed by atoms with Crippen molar-refractivity contribution >= 4 is 27.3 Å². The molecule has 180 valence electrons. The molecule has 0 aliphatic rings. The third-order valence-electron chi connectivity index (χ3n) is 5.27. The van der Waals surface area contributed by atoms with Crippen LogP contribution in [0.25, 0.3) is 5.69 Å². The summed E-state index contributed by atoms with van der Waals surface area (Å²) in [7, 11) is -1.06. The first kappa shape index (κ1) is 23.8. The van der Waals surface area contributed by atoms with Gasteiger partial charge in [0.25, 0.3) is 15.9 Å². The second-order valence-electron chi connectivity index (χ2n) is 7.42. The van der Waals surface area contributed by atoms with Crippen molar-refractivity contribution in [3.05, 3.63) is 83.9 Å². The number of para-hydroxylation sites is 2. The Morgan fingerprint density at radius 2 is 1.80 bits per heavy atom. The van der Waals surface area contributed by atoms with Gasteiger partial charge >= 0.3 is 0 Å². The Hall–Kier alpha value is -4.32. The predicted octanol–water partition coefficient (Wildman–Crippen LogP) is 3.20. The Kier molecular flexibility index (Phi) is 6.47. The SMILES string of the molecule is COc1ccccc1N(C)S(=O)(=O)c1ccc(C(=O)Nc2cc(-n3nnnc3C)ccc2F)cc1. The largest absolute Gasteiger partial charge is 0.495 e. The summed E-state index contributed by atoms with van der Waals surface area (Å²) in [5.74, 6) is -0.374. The predicted molar refractivity (Wildman–Crippen MR) is 127 cm³/mol. The van der Waals surface area contributed by atoms with Crippen molar-refractivity contribution in [2.24, 2.45) is 0 Å². The fraction of sp³-hybridized carbons (Fsp3) is 0.130. The van der Waals surface area contributed by atoms with Crippen LogP contribution in [0.3, 0.4) is 0 Å². The molecule has 1 aromatic heterocycles. The molecule has 0 saturated heterocycles. The molecule has 1 N–H and O–H groups in total. The fourth-order valence-electron chi connectivity index (χ4n) is 3.36. The highest BCUT2D eigenvalue weighted by atomic mass is 32.2. The number of tetrazole rings is 1. The Morgan fingerprint density at radius 1 is 1.09 bits per heavy atom. The molecule has 0 aliphatic heterocycles. The van der Waals surface area contributed by atoms with Gasteiger partial charge in [-0.2, -0.15) is 4.68 Å². The minimum absolute atomic E-state index is 0.0233. The van der Waals surface area contributed by atoms with Gasteiger partial charge in [0.2, 0.25) is 0 Å². The number of aromatic nitrogens is 4. The lowest BCUT2D eigenvalue weighted by Gasteiger charge is -2.21. The van der Waals surface area contributed by atoms with Crippen LogP contribution in [0.5, 0.6) is 5.75 Å². The summed E-state index contributed by atoms with van der Waals surface area (Å²) in [4.78, 5) is 12.7. The van der Waals surface area contributed by atoms with Gasteiger partial charge in [0.05, 0.1) is 29.1 Å². The maximum absolute atomic E-state index is 14.3. The van der Waals surface area contributed by atoms with Gasteiger partial charge in [-0.15, -0.1) is 5.10 Å². The van der Waals surface area contributed by atoms with Crippen LogP contribution in [0.1, 0.15) is 16.2 Å². The van der Waals surface area contributed by atoms with E-state index in [-0.39, 0.29) is 16.1 Å². The van der Waals surface area contributed by atoms with Gasteiger partial charge in [-0.05, 0) is 71.9 Å². The molecule has 0 aliphatic carbocycles. The Morgan fingerprint density at radius 3 is 2.46 bits per heavy atom. The van der Waals surface area contributed by atoms with Gasteiger partial charge < -0.3 is 10.1 Å². The van der Waals surface area contributed by atoms with E-state index >= 15 is 0 Å². The highest BCUT2D eigenvalue weighted by Crippen LogP contribution is 2.31. The number of nitrogens with zero attached hydrogens (tertiary/aromatic N) is 5. The number of anilines is 2. The summed E-state index contributed by atoms with van der Waals surface area (Å²) < 4.78 is 48.3. The summed E-state index contributed by atoms with van der Waals surface area (Å²) in [5, 5.41) is 13.7. The Labute approximate surface area is 201 Å². The molecule has 0 radical (unpaired) electrons. The first-order valence-electron chi connectivity index (χ1n) is 10.3. The van der Waals surface area contributed by atoms with E-state index in [4.69, 9.17) is 4.74 Å². The number of ether oxygens (including phenoxy) is 1. The van der Waals surface area contributed by atoms with E-state index in [1.54, 1.807) is 31.2 Å². The number of halogens is 1. The zero-order valence-electron chi connectivity index (χ0n) is 19.0. The smallest absolute Gasteiger partial charge is 0.264 e. The molecule has 0 bridgehead atoms. The molecule has 0 unspecified atom stereocenters. The number of sulfonamides is 1. The van der Waals surface area contributed by atoms with Gasteiger partial charge in [0, 0.05) is 12.6 Å². The van der Waals surface area contributed by atoms with E-state index in [1.807, 2.05) is 0 Å². The van der Waals surface area contributed by atoms with Crippen LogP contribution >= 0.6 is 0 Å². The minimum Gasteiger partial charge on any atom is -0.495 e. The maximum Gasteiger partial charge on any atom is 0.264 e. The molecule has 35 heavy (non-hydrogen) atoms. The third kappa shape index (κ3) is 4.68. The second kappa shape index (κ2) is 9.50. The zero-order valence-corrected chi connectivity index (χ0v) is 19.8. The van der Waals surface area contributed by atoms with Gasteiger partial charge in [-0.25, -0.2) is 12.8 Å². The molecule has 10 nitrogen and oxygen atoms in total. The quantitative estimate of drug-likeness (QED) is 0.417. The monoisotopic (exact) mass is 496 g/mol. The number of aryl methyl sites for hydroxylation is 1. The summed E-state index contributed by atoms with van der Waals surface area (Å²) in [6.07, 6.45) is 0. The average molecular weight is 497 g/mol. The van der Waals surface area contributed by atoms with E-state index in [9.17, 15) is 17.6 Å². The molecule has 4 rings (SSSR count). The molecule has 0 saturated carbocycles. The van der Waals surface area contributed by atoms with Gasteiger partial charge in [0.1, 0.15) is 11.6 Å². The van der Waals surface area contributed by atoms with Crippen LogP contribution in [0.2, 0.25) is 0 Å². The maximum atomic E-state index is 14.3. The number of hydrogen-bond acceptors (Lipinski definition) is 7. The van der Waals surface area contributed by atoms with Gasteiger partial charge in [-0.1, -0.05) is 12.1 Å². The summed E-state index contributed by atoms with van der Waals surface area (Å²) in [6, 6.07) is 16.1. The standard InChI is InChI=1S/C23H21FN6O4S/c1-15-26-27-28-30(15)17-10-13-19(24)20(14-17)25-23(31)16-8-11-18(12-9-16)35(32,33)29(2)21-6-4-5-7-22(21)34-3/h4-14H,1-3H3,(H,25,31). The summed E-state index contributed by atoms with van der Waals surface area (Å²) >= 11 is 0. The fourth-order valence-corrected chi connectivity index (χ4v) is 4.57. The molecular weight excluding hydrogens is 475 g/mol. The van der Waals surface area contributed by atoms with Crippen LogP contribution in [0.4, 0.5) is 15.8 Å². The van der Waals surface area contributed by atoms with E-state index in [0.717, 1.165) is 4.31 Å². The number of nitrogens with one attached hydrogen (secondary N) is 1. The van der Waals surface area contributed by atoms with Crippen LogP contribution in [0.15, 0.2) is 71.6 Å². The van der Waals surface area contributed by atoms with Crippen molar-refractivity contribution in [2.75, 3.05) is 23.8 Å². The van der Waals surface area contributed by atoms with Crippen molar-refractivity contribution in [3.8, 4) is 11.4 Å². The average Bonchev–Trinajstić information content (AvgIpc) is 3.30. The first-order chi connectivity index (χ1) is 16.7. The van der Waals surface area contributed by atoms with Crippen LogP contribution in [-0.2, 0) is 10.0 Å². The Balaban J connectivity index is 1.55. The Bertz CT molecular complexity index is 1490. The number of methoxy groups -OCH3 is 1. The highest BCUT2D eigenvalue weighted by Gasteiger charge is 2.24. The van der Waals surface area contributed by atoms with Crippen LogP contribution in [0, 0.1) is 12.7 Å². The number of rotatable bonds is 7. The second-order valence-corrected chi connectivity index (χ2v) is 9.39. The van der Waals surface area contributed by atoms with E-state index in [2.05, 4.69) is 20.8 Å². The van der Waals surface area contributed by atoms with Crippen molar-refractivity contribution in [1.29, 1.82) is 0 Å². The first-order valence-corrected chi connectivity index (χ1v) is 11.7. The topological polar surface area (TPSA) is 119 Å². The number of benzene rings is 3. The van der Waals surface area contributed by atoms with Crippen molar-refractivity contribution in [2.45, 2.75) is 11.8 Å². The third-order valence-corrected chi connectivity index (χ3v) is 7.05. The van der Waals surface area contributed by atoms with Gasteiger partial charge in [0.15, 0.2) is 5.82 Å². The molecule has 0 spiro atoms. The lowest BCUT2D eigenvalue weighted by molar-refractivity contribution is 0.102. The molecular formula is C23H21FN6O4S. The van der Waals surface area contributed by atoms with Crippen molar-refractivity contribution < 1.29 is 22.3 Å². The number of amides is 1. The van der Waals surface area contributed by atoms with E-state index in [0.29, 0.717) is 22.9 Å². The minimum atomic E-state index is -3.93. The molecule has 0 atom stereocenters. The van der Waals surface area contributed by atoms with Crippen LogP contribution < -0.4 is 14.4 Å². The van der Waals surface area contributed by atoms with E-state index < -0.39 is 21.7 Å². The molecule has 1 heterocycles. The summed E-state index contributed by atoms with van der Waals surface area (Å²) in [5.41, 5.74) is 0.900. The molecule has 1 amide bonds. The highest BCUT2D eigenvalue weighted by molar-refractivity contribution is 7.92. The lowest BCUT2D eigenvalue weighted by Crippen LogP contribution is -2.27. The number of hydrogen-bond donors (Lipinski definition) is 1.